The van der Waals surface area contributed by atoms with Gasteiger partial charge in [0, 0.05) is 23.0 Å². The predicted octanol–water partition coefficient (Wildman–Crippen LogP) is 3.90. The van der Waals surface area contributed by atoms with Crippen molar-refractivity contribution in [3.05, 3.63) is 54.1 Å². The lowest BCUT2D eigenvalue weighted by Crippen LogP contribution is -2.21. The van der Waals surface area contributed by atoms with Crippen LogP contribution in [-0.4, -0.2) is 26.1 Å². The number of carbonyl (C=O) groups is 1. The summed E-state index contributed by atoms with van der Waals surface area (Å²) in [5.74, 6) is -0.516. The largest absolute Gasteiger partial charge is 0.320 e. The number of aromatic nitrogens is 2. The van der Waals surface area contributed by atoms with Crippen molar-refractivity contribution in [3.63, 3.8) is 0 Å². The smallest absolute Gasteiger partial charge is 0.294 e. The molecule has 0 aliphatic carbocycles. The molecule has 11 heteroatoms. The Kier molecular flexibility index (Phi) is 5.73. The number of fused-ring (bicyclic) bond motifs is 1. The van der Waals surface area contributed by atoms with Crippen LogP contribution in [0.1, 0.15) is 10.4 Å². The van der Waals surface area contributed by atoms with Gasteiger partial charge in [-0.3, -0.25) is 24.3 Å². The summed E-state index contributed by atoms with van der Waals surface area (Å²) < 4.78 is 1.41. The Bertz CT molecular complexity index is 1170. The molecule has 0 bridgehead atoms. The van der Waals surface area contributed by atoms with Crippen LogP contribution in [0.2, 0.25) is 5.02 Å². The van der Waals surface area contributed by atoms with E-state index in [2.05, 4.69) is 10.3 Å². The summed E-state index contributed by atoms with van der Waals surface area (Å²) in [5.41, 5.74) is 0.518. The van der Waals surface area contributed by atoms with Gasteiger partial charge in [0.1, 0.15) is 10.5 Å². The van der Waals surface area contributed by atoms with Crippen molar-refractivity contribution in [2.75, 3.05) is 11.1 Å². The van der Waals surface area contributed by atoms with Crippen LogP contribution in [0.3, 0.4) is 0 Å². The number of thiophene rings is 1. The van der Waals surface area contributed by atoms with Gasteiger partial charge in [-0.25, -0.2) is 4.98 Å². The Morgan fingerprint density at radius 1 is 1.43 bits per heavy atom. The van der Waals surface area contributed by atoms with E-state index in [-0.39, 0.29) is 27.7 Å². The van der Waals surface area contributed by atoms with Gasteiger partial charge in [-0.1, -0.05) is 23.4 Å². The fourth-order valence-electron chi connectivity index (χ4n) is 2.56. The molecule has 0 saturated heterocycles. The lowest BCUT2D eigenvalue weighted by atomic mass is 10.2. The Morgan fingerprint density at radius 2 is 2.14 bits per heavy atom. The van der Waals surface area contributed by atoms with Gasteiger partial charge in [0.15, 0.2) is 5.16 Å². The quantitative estimate of drug-likeness (QED) is 0.280. The SMILES string of the molecule is Cc1sc2nc(SCC(=O)Nc3ccc(Cl)cc3[N+](=O)[O-])n(C)c(=O)c2c1C. The molecule has 0 spiro atoms. The first kappa shape index (κ1) is 20.3. The summed E-state index contributed by atoms with van der Waals surface area (Å²) in [6.45, 7) is 3.82. The molecule has 146 valence electrons. The number of benzene rings is 1. The maximum absolute atomic E-state index is 12.6. The topological polar surface area (TPSA) is 107 Å². The number of anilines is 1. The molecule has 0 aliphatic rings. The Hall–Kier alpha value is -2.43. The number of thioether (sulfide) groups is 1. The van der Waals surface area contributed by atoms with Crippen LogP contribution in [0.25, 0.3) is 10.2 Å². The van der Waals surface area contributed by atoms with Gasteiger partial charge in [0.2, 0.25) is 5.91 Å². The number of nitro groups is 1. The van der Waals surface area contributed by atoms with Crippen molar-refractivity contribution in [1.29, 1.82) is 0 Å². The molecule has 3 aromatic rings. The molecule has 1 N–H and O–H groups in total. The van der Waals surface area contributed by atoms with Crippen LogP contribution in [0.15, 0.2) is 28.2 Å². The Morgan fingerprint density at radius 3 is 2.82 bits per heavy atom. The molecule has 0 unspecified atom stereocenters. The highest BCUT2D eigenvalue weighted by molar-refractivity contribution is 7.99. The highest BCUT2D eigenvalue weighted by atomic mass is 35.5. The minimum atomic E-state index is -0.616. The molecule has 1 aromatic carbocycles. The molecule has 0 atom stereocenters. The molecule has 0 saturated carbocycles. The minimum absolute atomic E-state index is 0.0572. The first-order chi connectivity index (χ1) is 13.2. The zero-order valence-electron chi connectivity index (χ0n) is 15.1. The fraction of sp³-hybridized carbons (Fsp3) is 0.235. The number of hydrogen-bond donors (Lipinski definition) is 1. The van der Waals surface area contributed by atoms with Crippen LogP contribution < -0.4 is 10.9 Å². The van der Waals surface area contributed by atoms with Gasteiger partial charge < -0.3 is 5.32 Å². The number of rotatable bonds is 5. The van der Waals surface area contributed by atoms with E-state index in [0.29, 0.717) is 15.4 Å². The molecule has 2 heterocycles. The maximum atomic E-state index is 12.6. The van der Waals surface area contributed by atoms with Crippen molar-refractivity contribution in [1.82, 2.24) is 9.55 Å². The molecule has 0 radical (unpaired) electrons. The van der Waals surface area contributed by atoms with Crippen molar-refractivity contribution in [3.8, 4) is 0 Å². The normalized spacial score (nSPS) is 11.0. The first-order valence-corrected chi connectivity index (χ1v) is 10.2. The number of nitrogens with one attached hydrogen (secondary N) is 1. The number of nitrogens with zero attached hydrogens (tertiary/aromatic N) is 3. The van der Waals surface area contributed by atoms with E-state index < -0.39 is 10.8 Å². The highest BCUT2D eigenvalue weighted by Crippen LogP contribution is 2.29. The van der Waals surface area contributed by atoms with Crippen LogP contribution in [-0.2, 0) is 11.8 Å². The van der Waals surface area contributed by atoms with Crippen LogP contribution in [0.4, 0.5) is 11.4 Å². The monoisotopic (exact) mass is 438 g/mol. The summed E-state index contributed by atoms with van der Waals surface area (Å²) in [4.78, 5) is 41.5. The summed E-state index contributed by atoms with van der Waals surface area (Å²) in [6, 6.07) is 4.00. The van der Waals surface area contributed by atoms with Crippen LogP contribution >= 0.6 is 34.7 Å². The third-order valence-electron chi connectivity index (χ3n) is 4.13. The van der Waals surface area contributed by atoms with Crippen LogP contribution in [0.5, 0.6) is 0 Å². The number of hydrogen-bond acceptors (Lipinski definition) is 7. The average Bonchev–Trinajstić information content (AvgIpc) is 2.92. The average molecular weight is 439 g/mol. The van der Waals surface area contributed by atoms with Crippen LogP contribution in [0, 0.1) is 24.0 Å². The number of amides is 1. The van der Waals surface area contributed by atoms with E-state index in [1.807, 2.05) is 13.8 Å². The third kappa shape index (κ3) is 3.89. The summed E-state index contributed by atoms with van der Waals surface area (Å²) >= 11 is 8.29. The van der Waals surface area contributed by atoms with E-state index in [4.69, 9.17) is 11.6 Å². The molecule has 3 rings (SSSR count). The zero-order chi connectivity index (χ0) is 20.6. The summed E-state index contributed by atoms with van der Waals surface area (Å²) in [5, 5.41) is 14.8. The lowest BCUT2D eigenvalue weighted by Gasteiger charge is -2.08. The standard InChI is InChI=1S/C17H15ClN4O4S2/c1-8-9(2)28-15-14(8)16(24)21(3)17(20-15)27-7-13(23)19-11-5-4-10(18)6-12(11)22(25)26/h4-6H,7H2,1-3H3,(H,19,23). The molecule has 1 amide bonds. The van der Waals surface area contributed by atoms with Gasteiger partial charge in [-0.15, -0.1) is 11.3 Å². The highest BCUT2D eigenvalue weighted by Gasteiger charge is 2.18. The second-order valence-corrected chi connectivity index (χ2v) is 8.56. The number of nitro benzene ring substituents is 1. The minimum Gasteiger partial charge on any atom is -0.320 e. The molecule has 8 nitrogen and oxygen atoms in total. The Labute approximate surface area is 172 Å². The zero-order valence-corrected chi connectivity index (χ0v) is 17.5. The molecule has 2 aromatic heterocycles. The predicted molar refractivity (Wildman–Crippen MR) is 112 cm³/mol. The van der Waals surface area contributed by atoms with E-state index in [0.717, 1.165) is 22.2 Å². The van der Waals surface area contributed by atoms with E-state index in [9.17, 15) is 19.7 Å². The number of halogens is 1. The summed E-state index contributed by atoms with van der Waals surface area (Å²) in [7, 11) is 1.60. The van der Waals surface area contributed by atoms with Gasteiger partial charge in [-0.05, 0) is 31.5 Å². The molecular formula is C17H15ClN4O4S2. The maximum Gasteiger partial charge on any atom is 0.294 e. The number of carbonyl (C=O) groups excluding carboxylic acids is 1. The van der Waals surface area contributed by atoms with E-state index >= 15 is 0 Å². The first-order valence-electron chi connectivity index (χ1n) is 8.02. The van der Waals surface area contributed by atoms with Crippen molar-refractivity contribution in [2.24, 2.45) is 7.05 Å². The van der Waals surface area contributed by atoms with Crippen molar-refractivity contribution in [2.45, 2.75) is 19.0 Å². The van der Waals surface area contributed by atoms with E-state index in [1.54, 1.807) is 7.05 Å². The molecular weight excluding hydrogens is 424 g/mol. The van der Waals surface area contributed by atoms with Gasteiger partial charge in [0.25, 0.3) is 11.2 Å². The molecule has 0 fully saturated rings. The second kappa shape index (κ2) is 7.90. The number of aryl methyl sites for hydroxylation is 2. The van der Waals surface area contributed by atoms with E-state index in [1.165, 1.54) is 34.1 Å². The molecule has 28 heavy (non-hydrogen) atoms. The second-order valence-electron chi connectivity index (χ2n) is 5.98. The molecule has 0 aliphatic heterocycles. The fourth-order valence-corrected chi connectivity index (χ4v) is 4.57. The van der Waals surface area contributed by atoms with Gasteiger partial charge >= 0.3 is 0 Å². The van der Waals surface area contributed by atoms with Crippen molar-refractivity contribution >= 4 is 62.2 Å². The van der Waals surface area contributed by atoms with Gasteiger partial charge in [0.05, 0.1) is 16.1 Å². The van der Waals surface area contributed by atoms with Crippen molar-refractivity contribution < 1.29 is 9.72 Å². The third-order valence-corrected chi connectivity index (χ3v) is 6.50. The summed E-state index contributed by atoms with van der Waals surface area (Å²) in [6.07, 6.45) is 0. The van der Waals surface area contributed by atoms with Gasteiger partial charge in [-0.2, -0.15) is 0 Å². The Balaban J connectivity index is 1.80. The lowest BCUT2D eigenvalue weighted by molar-refractivity contribution is -0.383.